The molecule has 3 atom stereocenters. The molecule has 0 aliphatic carbocycles. The zero-order valence-corrected chi connectivity index (χ0v) is 17.3. The third kappa shape index (κ3) is 3.21. The summed E-state index contributed by atoms with van der Waals surface area (Å²) in [4.78, 5) is 42.4. The molecule has 2 amide bonds. The first-order valence-corrected chi connectivity index (χ1v) is 11.4. The molecule has 156 valence electrons. The first-order chi connectivity index (χ1) is 13.6. The number of likely N-dealkylation sites (tertiary alicyclic amines) is 1. The lowest BCUT2D eigenvalue weighted by Gasteiger charge is -2.37. The molecule has 3 heterocycles. The molecule has 2 saturated heterocycles. The van der Waals surface area contributed by atoms with Crippen LogP contribution in [0, 0.1) is 17.3 Å². The number of ketones is 1. The van der Waals surface area contributed by atoms with E-state index in [1.165, 1.54) is 9.80 Å². The summed E-state index contributed by atoms with van der Waals surface area (Å²) in [6, 6.07) is 6.90. The third-order valence-corrected chi connectivity index (χ3v) is 8.01. The van der Waals surface area contributed by atoms with Gasteiger partial charge in [0.1, 0.15) is 12.4 Å². The van der Waals surface area contributed by atoms with Crippen LogP contribution in [0.1, 0.15) is 16.8 Å². The van der Waals surface area contributed by atoms with E-state index < -0.39 is 27.1 Å². The van der Waals surface area contributed by atoms with Crippen molar-refractivity contribution in [3.05, 3.63) is 29.8 Å². The molecular weight excluding hydrogens is 396 g/mol. The maximum atomic E-state index is 13.5. The van der Waals surface area contributed by atoms with E-state index in [1.807, 2.05) is 0 Å². The molecule has 0 aromatic heterocycles. The van der Waals surface area contributed by atoms with Crippen molar-refractivity contribution in [3.63, 3.8) is 0 Å². The Morgan fingerprint density at radius 2 is 1.97 bits per heavy atom. The van der Waals surface area contributed by atoms with Gasteiger partial charge in [-0.2, -0.15) is 0 Å². The zero-order chi connectivity index (χ0) is 21.0. The van der Waals surface area contributed by atoms with Gasteiger partial charge in [0.2, 0.25) is 11.8 Å². The van der Waals surface area contributed by atoms with E-state index >= 15 is 0 Å². The number of hydrogen-bond acceptors (Lipinski definition) is 6. The Bertz CT molecular complexity index is 988. The quantitative estimate of drug-likeness (QED) is 0.679. The van der Waals surface area contributed by atoms with E-state index in [1.54, 1.807) is 38.4 Å². The molecule has 1 aromatic rings. The van der Waals surface area contributed by atoms with E-state index in [9.17, 15) is 22.8 Å². The summed E-state index contributed by atoms with van der Waals surface area (Å²) < 4.78 is 29.5. The third-order valence-electron chi connectivity index (χ3n) is 6.24. The second kappa shape index (κ2) is 6.83. The van der Waals surface area contributed by atoms with Gasteiger partial charge in [0, 0.05) is 27.2 Å². The molecule has 8 nitrogen and oxygen atoms in total. The second-order valence-electron chi connectivity index (χ2n) is 8.37. The average molecular weight is 420 g/mol. The summed E-state index contributed by atoms with van der Waals surface area (Å²) in [5.74, 6) is -1.79. The summed E-state index contributed by atoms with van der Waals surface area (Å²) >= 11 is 0. The van der Waals surface area contributed by atoms with Crippen LogP contribution in [0.25, 0.3) is 0 Å². The van der Waals surface area contributed by atoms with Crippen molar-refractivity contribution in [2.24, 2.45) is 17.3 Å². The maximum Gasteiger partial charge on any atom is 0.228 e. The van der Waals surface area contributed by atoms with E-state index in [-0.39, 0.29) is 55.2 Å². The number of carbonyl (C=O) groups excluding carboxylic acids is 3. The van der Waals surface area contributed by atoms with Crippen molar-refractivity contribution < 1.29 is 27.5 Å². The van der Waals surface area contributed by atoms with Crippen molar-refractivity contribution in [1.29, 1.82) is 0 Å². The van der Waals surface area contributed by atoms with Gasteiger partial charge in [-0.1, -0.05) is 12.1 Å². The number of benzene rings is 1. The average Bonchev–Trinajstić information content (AvgIpc) is 3.25. The molecule has 2 fully saturated rings. The molecule has 0 radical (unpaired) electrons. The summed E-state index contributed by atoms with van der Waals surface area (Å²) in [6.07, 6.45) is 0.282. The lowest BCUT2D eigenvalue weighted by Crippen LogP contribution is -2.51. The molecule has 29 heavy (non-hydrogen) atoms. The van der Waals surface area contributed by atoms with Crippen molar-refractivity contribution >= 4 is 27.4 Å². The van der Waals surface area contributed by atoms with Crippen molar-refractivity contribution in [2.45, 2.75) is 6.42 Å². The maximum absolute atomic E-state index is 13.5. The predicted octanol–water partition coefficient (Wildman–Crippen LogP) is 0.229. The minimum absolute atomic E-state index is 0.00212. The molecule has 3 aliphatic heterocycles. The van der Waals surface area contributed by atoms with Crippen LogP contribution in [-0.2, 0) is 19.4 Å². The smallest absolute Gasteiger partial charge is 0.228 e. The van der Waals surface area contributed by atoms with Gasteiger partial charge in [-0.25, -0.2) is 8.42 Å². The van der Waals surface area contributed by atoms with Gasteiger partial charge >= 0.3 is 0 Å². The highest BCUT2D eigenvalue weighted by Crippen LogP contribution is 2.45. The standard InChI is InChI=1S/C20H24N2O6S/c1-21(2)19(25)15-9-22(18(24)13-7-8-29(26,27)10-13)11-20(15)12-28-16-6-4-3-5-14(16)17(20)23/h3-6,13,15H,7-12H2,1-2H3/t13-,15-,20-/m1/s1. The number of nitrogens with zero attached hydrogens (tertiary/aromatic N) is 2. The number of fused-ring (bicyclic) bond motifs is 1. The van der Waals surface area contributed by atoms with Gasteiger partial charge < -0.3 is 14.5 Å². The number of sulfone groups is 1. The molecule has 9 heteroatoms. The summed E-state index contributed by atoms with van der Waals surface area (Å²) in [5.41, 5.74) is -0.754. The second-order valence-corrected chi connectivity index (χ2v) is 10.6. The number of Topliss-reactive ketones (excluding diaryl/α,β-unsaturated/α-hetero) is 1. The summed E-state index contributed by atoms with van der Waals surface area (Å²) in [6.45, 7) is 0.156. The Hall–Kier alpha value is -2.42. The van der Waals surface area contributed by atoms with Crippen LogP contribution in [0.3, 0.4) is 0 Å². The molecule has 0 bridgehead atoms. The van der Waals surface area contributed by atoms with Gasteiger partial charge in [-0.05, 0) is 18.6 Å². The molecule has 0 saturated carbocycles. The normalized spacial score (nSPS) is 30.1. The Labute approximate surface area is 169 Å². The van der Waals surface area contributed by atoms with Crippen molar-refractivity contribution in [2.75, 3.05) is 45.3 Å². The molecule has 1 aromatic carbocycles. The molecule has 1 spiro atoms. The van der Waals surface area contributed by atoms with Crippen LogP contribution in [-0.4, -0.2) is 81.1 Å². The van der Waals surface area contributed by atoms with Gasteiger partial charge in [-0.3, -0.25) is 14.4 Å². The van der Waals surface area contributed by atoms with Crippen molar-refractivity contribution in [1.82, 2.24) is 9.80 Å². The summed E-state index contributed by atoms with van der Waals surface area (Å²) in [7, 11) is 0.0227. The van der Waals surface area contributed by atoms with Crippen LogP contribution in [0.5, 0.6) is 5.75 Å². The molecular formula is C20H24N2O6S. The highest BCUT2D eigenvalue weighted by atomic mass is 32.2. The number of rotatable bonds is 2. The number of hydrogen-bond donors (Lipinski definition) is 0. The SMILES string of the molecule is CN(C)C(=O)[C@H]1CN(C(=O)[C@@H]2CCS(=O)(=O)C2)C[C@@]12COc1ccccc1C2=O. The molecule has 0 N–H and O–H groups in total. The molecule has 4 rings (SSSR count). The predicted molar refractivity (Wildman–Crippen MR) is 104 cm³/mol. The lowest BCUT2D eigenvalue weighted by atomic mass is 9.71. The highest BCUT2D eigenvalue weighted by molar-refractivity contribution is 7.91. The molecule has 3 aliphatic rings. The van der Waals surface area contributed by atoms with Gasteiger partial charge in [0.15, 0.2) is 15.6 Å². The van der Waals surface area contributed by atoms with Crippen LogP contribution in [0.15, 0.2) is 24.3 Å². The van der Waals surface area contributed by atoms with Gasteiger partial charge in [0.25, 0.3) is 0 Å². The van der Waals surface area contributed by atoms with E-state index in [0.29, 0.717) is 11.3 Å². The van der Waals surface area contributed by atoms with Crippen LogP contribution in [0.4, 0.5) is 0 Å². The van der Waals surface area contributed by atoms with Gasteiger partial charge in [-0.15, -0.1) is 0 Å². The van der Waals surface area contributed by atoms with Gasteiger partial charge in [0.05, 0.1) is 34.3 Å². The first-order valence-electron chi connectivity index (χ1n) is 9.62. The van der Waals surface area contributed by atoms with E-state index in [2.05, 4.69) is 0 Å². The van der Waals surface area contributed by atoms with E-state index in [0.717, 1.165) is 0 Å². The number of para-hydroxylation sites is 1. The minimum atomic E-state index is -3.21. The Morgan fingerprint density at radius 3 is 2.62 bits per heavy atom. The Morgan fingerprint density at radius 1 is 1.24 bits per heavy atom. The monoisotopic (exact) mass is 420 g/mol. The summed E-state index contributed by atoms with van der Waals surface area (Å²) in [5, 5.41) is 0. The fraction of sp³-hybridized carbons (Fsp3) is 0.550. The Kier molecular flexibility index (Phi) is 4.68. The zero-order valence-electron chi connectivity index (χ0n) is 16.5. The fourth-order valence-corrected chi connectivity index (χ4v) is 6.38. The number of carbonyl (C=O) groups is 3. The Balaban J connectivity index is 1.68. The van der Waals surface area contributed by atoms with Crippen LogP contribution in [0.2, 0.25) is 0 Å². The topological polar surface area (TPSA) is 101 Å². The largest absolute Gasteiger partial charge is 0.492 e. The van der Waals surface area contributed by atoms with Crippen LogP contribution < -0.4 is 4.74 Å². The highest BCUT2D eigenvalue weighted by Gasteiger charge is 2.59. The van der Waals surface area contributed by atoms with Crippen molar-refractivity contribution in [3.8, 4) is 5.75 Å². The fourth-order valence-electron chi connectivity index (χ4n) is 4.65. The van der Waals surface area contributed by atoms with Crippen LogP contribution >= 0.6 is 0 Å². The molecule has 0 unspecified atom stereocenters. The van der Waals surface area contributed by atoms with E-state index in [4.69, 9.17) is 4.74 Å². The number of ether oxygens (including phenoxy) is 1. The first kappa shape index (κ1) is 19.9. The minimum Gasteiger partial charge on any atom is -0.492 e. The lowest BCUT2D eigenvalue weighted by molar-refractivity contribution is -0.136. The number of amides is 2.